The molecule has 2 aromatic heterocycles. The van der Waals surface area contributed by atoms with Crippen molar-refractivity contribution >= 4 is 45.8 Å². The van der Waals surface area contributed by atoms with E-state index >= 15 is 0 Å². The molecule has 0 aliphatic rings. The summed E-state index contributed by atoms with van der Waals surface area (Å²) < 4.78 is 9.90. The topological polar surface area (TPSA) is 94.6 Å². The highest BCUT2D eigenvalue weighted by atomic mass is 35.5. The molecular formula is C17H17ClN2O5S. The summed E-state index contributed by atoms with van der Waals surface area (Å²) >= 11 is 7.05. The molecule has 2 heterocycles. The third-order valence-corrected chi connectivity index (χ3v) is 4.58. The number of thiophene rings is 1. The van der Waals surface area contributed by atoms with Crippen molar-refractivity contribution in [3.05, 3.63) is 45.6 Å². The molecule has 0 fully saturated rings. The molecule has 1 N–H and O–H groups in total. The zero-order valence-corrected chi connectivity index (χ0v) is 15.8. The second-order valence-electron chi connectivity index (χ2n) is 5.01. The minimum Gasteiger partial charge on any atom is -0.462 e. The highest BCUT2D eigenvalue weighted by Gasteiger charge is 2.19. The summed E-state index contributed by atoms with van der Waals surface area (Å²) in [5.41, 5.74) is 0.284. The first-order chi connectivity index (χ1) is 12.4. The van der Waals surface area contributed by atoms with Crippen molar-refractivity contribution in [2.45, 2.75) is 20.3 Å². The number of aromatic nitrogens is 1. The number of esters is 2. The van der Waals surface area contributed by atoms with Gasteiger partial charge >= 0.3 is 11.9 Å². The Kier molecular flexibility index (Phi) is 7.11. The first kappa shape index (κ1) is 19.9. The number of nitrogens with zero attached hydrogens (tertiary/aromatic N) is 1. The van der Waals surface area contributed by atoms with E-state index in [1.807, 2.05) is 6.92 Å². The Balaban J connectivity index is 2.00. The quantitative estimate of drug-likeness (QED) is 0.721. The second-order valence-corrected chi connectivity index (χ2v) is 6.59. The van der Waals surface area contributed by atoms with E-state index in [1.165, 1.54) is 29.7 Å². The van der Waals surface area contributed by atoms with E-state index in [9.17, 15) is 14.4 Å². The van der Waals surface area contributed by atoms with Gasteiger partial charge in [-0.1, -0.05) is 18.5 Å². The number of hydrogen-bond donors (Lipinski definition) is 1. The molecule has 0 saturated heterocycles. The van der Waals surface area contributed by atoms with Gasteiger partial charge in [-0.3, -0.25) is 4.79 Å². The molecular weight excluding hydrogens is 380 g/mol. The SMILES string of the molecule is CCOC(=O)c1cc(CC)sc1NC(=O)COC(=O)c1cc(Cl)ccn1. The van der Waals surface area contributed by atoms with Gasteiger partial charge in [0.25, 0.3) is 5.91 Å². The summed E-state index contributed by atoms with van der Waals surface area (Å²) in [6.07, 6.45) is 2.07. The number of anilines is 1. The average Bonchev–Trinajstić information content (AvgIpc) is 3.03. The predicted octanol–water partition coefficient (Wildman–Crippen LogP) is 3.33. The van der Waals surface area contributed by atoms with Gasteiger partial charge in [-0.15, -0.1) is 11.3 Å². The van der Waals surface area contributed by atoms with Crippen LogP contribution >= 0.6 is 22.9 Å². The maximum atomic E-state index is 12.1. The molecule has 0 aromatic carbocycles. The van der Waals surface area contributed by atoms with Crippen LogP contribution in [-0.4, -0.2) is 36.0 Å². The van der Waals surface area contributed by atoms with E-state index in [4.69, 9.17) is 21.1 Å². The summed E-state index contributed by atoms with van der Waals surface area (Å²) in [6, 6.07) is 4.54. The lowest BCUT2D eigenvalue weighted by atomic mass is 10.2. The molecule has 138 valence electrons. The van der Waals surface area contributed by atoms with Gasteiger partial charge in [0.2, 0.25) is 0 Å². The van der Waals surface area contributed by atoms with E-state index in [0.717, 1.165) is 4.88 Å². The van der Waals surface area contributed by atoms with Crippen molar-refractivity contribution in [3.63, 3.8) is 0 Å². The molecule has 0 bridgehead atoms. The number of ether oxygens (including phenoxy) is 2. The number of aryl methyl sites for hydroxylation is 1. The fourth-order valence-corrected chi connectivity index (χ4v) is 3.11. The van der Waals surface area contributed by atoms with Gasteiger partial charge in [-0.05, 0) is 31.5 Å². The van der Waals surface area contributed by atoms with Crippen LogP contribution in [0.3, 0.4) is 0 Å². The maximum Gasteiger partial charge on any atom is 0.357 e. The molecule has 0 aliphatic heterocycles. The van der Waals surface area contributed by atoms with Crippen molar-refractivity contribution in [3.8, 4) is 0 Å². The van der Waals surface area contributed by atoms with Crippen molar-refractivity contribution in [2.75, 3.05) is 18.5 Å². The summed E-state index contributed by atoms with van der Waals surface area (Å²) in [5, 5.41) is 3.28. The van der Waals surface area contributed by atoms with Crippen LogP contribution in [0.2, 0.25) is 5.02 Å². The zero-order chi connectivity index (χ0) is 19.1. The van der Waals surface area contributed by atoms with Gasteiger partial charge in [0.15, 0.2) is 6.61 Å². The molecule has 7 nitrogen and oxygen atoms in total. The van der Waals surface area contributed by atoms with Crippen LogP contribution in [0.1, 0.15) is 39.6 Å². The van der Waals surface area contributed by atoms with Gasteiger partial charge in [-0.2, -0.15) is 0 Å². The minimum absolute atomic E-state index is 0.00176. The van der Waals surface area contributed by atoms with Crippen LogP contribution < -0.4 is 5.32 Å². The van der Waals surface area contributed by atoms with Crippen molar-refractivity contribution in [1.29, 1.82) is 0 Å². The Morgan fingerprint density at radius 1 is 1.19 bits per heavy atom. The fraction of sp³-hybridized carbons (Fsp3) is 0.294. The smallest absolute Gasteiger partial charge is 0.357 e. The lowest BCUT2D eigenvalue weighted by Gasteiger charge is -2.07. The number of halogens is 1. The van der Waals surface area contributed by atoms with E-state index in [2.05, 4.69) is 10.3 Å². The molecule has 1 amide bonds. The largest absolute Gasteiger partial charge is 0.462 e. The summed E-state index contributed by atoms with van der Waals surface area (Å²) in [4.78, 5) is 40.7. The number of amides is 1. The lowest BCUT2D eigenvalue weighted by Crippen LogP contribution is -2.22. The van der Waals surface area contributed by atoms with Crippen LogP contribution in [0.5, 0.6) is 0 Å². The normalized spacial score (nSPS) is 10.3. The van der Waals surface area contributed by atoms with Crippen molar-refractivity contribution in [2.24, 2.45) is 0 Å². The molecule has 0 spiro atoms. The summed E-state index contributed by atoms with van der Waals surface area (Å²) in [7, 11) is 0. The number of nitrogens with one attached hydrogen (secondary N) is 1. The molecule has 0 saturated carbocycles. The molecule has 2 aromatic rings. The predicted molar refractivity (Wildman–Crippen MR) is 97.8 cm³/mol. The standard InChI is InChI=1S/C17H17ClN2O5S/c1-3-11-8-12(16(22)24-4-2)15(26-11)20-14(21)9-25-17(23)13-7-10(18)5-6-19-13/h5-8H,3-4,9H2,1-2H3,(H,20,21). The van der Waals surface area contributed by atoms with E-state index < -0.39 is 24.5 Å². The Bertz CT molecular complexity index is 821. The van der Waals surface area contributed by atoms with Gasteiger partial charge in [-0.25, -0.2) is 14.6 Å². The van der Waals surface area contributed by atoms with Crippen LogP contribution in [0.25, 0.3) is 0 Å². The fourth-order valence-electron chi connectivity index (χ4n) is 1.95. The van der Waals surface area contributed by atoms with Crippen molar-refractivity contribution < 1.29 is 23.9 Å². The molecule has 26 heavy (non-hydrogen) atoms. The van der Waals surface area contributed by atoms with Crippen LogP contribution in [0, 0.1) is 0 Å². The average molecular weight is 397 g/mol. The number of pyridine rings is 1. The lowest BCUT2D eigenvalue weighted by molar-refractivity contribution is -0.119. The van der Waals surface area contributed by atoms with Gasteiger partial charge < -0.3 is 14.8 Å². The third kappa shape index (κ3) is 5.27. The Hall–Kier alpha value is -2.45. The summed E-state index contributed by atoms with van der Waals surface area (Å²) in [5.74, 6) is -1.86. The number of rotatable bonds is 7. The van der Waals surface area contributed by atoms with Crippen LogP contribution in [-0.2, 0) is 20.7 Å². The minimum atomic E-state index is -0.770. The summed E-state index contributed by atoms with van der Waals surface area (Å²) in [6.45, 7) is 3.35. The molecule has 0 atom stereocenters. The van der Waals surface area contributed by atoms with Gasteiger partial charge in [0.1, 0.15) is 10.7 Å². The van der Waals surface area contributed by atoms with Gasteiger partial charge in [0.05, 0.1) is 12.2 Å². The number of carbonyl (C=O) groups is 3. The monoisotopic (exact) mass is 396 g/mol. The van der Waals surface area contributed by atoms with Crippen LogP contribution in [0.15, 0.2) is 24.4 Å². The Labute approximate surface area is 159 Å². The van der Waals surface area contributed by atoms with Crippen LogP contribution in [0.4, 0.5) is 5.00 Å². The maximum absolute atomic E-state index is 12.1. The first-order valence-electron chi connectivity index (χ1n) is 7.83. The number of carbonyl (C=O) groups excluding carboxylic acids is 3. The molecule has 9 heteroatoms. The molecule has 0 unspecified atom stereocenters. The highest BCUT2D eigenvalue weighted by molar-refractivity contribution is 7.16. The van der Waals surface area contributed by atoms with E-state index in [-0.39, 0.29) is 17.9 Å². The first-order valence-corrected chi connectivity index (χ1v) is 9.02. The molecule has 2 rings (SSSR count). The third-order valence-electron chi connectivity index (χ3n) is 3.15. The molecule has 0 radical (unpaired) electrons. The zero-order valence-electron chi connectivity index (χ0n) is 14.2. The van der Waals surface area contributed by atoms with E-state index in [0.29, 0.717) is 16.4 Å². The Morgan fingerprint density at radius 2 is 1.96 bits per heavy atom. The van der Waals surface area contributed by atoms with Crippen molar-refractivity contribution in [1.82, 2.24) is 4.98 Å². The van der Waals surface area contributed by atoms with E-state index in [1.54, 1.807) is 13.0 Å². The highest BCUT2D eigenvalue weighted by Crippen LogP contribution is 2.29. The second kappa shape index (κ2) is 9.30. The molecule has 0 aliphatic carbocycles. The van der Waals surface area contributed by atoms with Gasteiger partial charge in [0, 0.05) is 16.1 Å². The number of hydrogen-bond acceptors (Lipinski definition) is 7. The Morgan fingerprint density at radius 3 is 2.62 bits per heavy atom.